The second kappa shape index (κ2) is 14.1. The fourth-order valence-corrected chi connectivity index (χ4v) is 6.05. The fraction of sp³-hybridized carbons (Fsp3) is 0.594. The van der Waals surface area contributed by atoms with Crippen molar-refractivity contribution < 1.29 is 28.7 Å². The predicted octanol–water partition coefficient (Wildman–Crippen LogP) is 4.03. The van der Waals surface area contributed by atoms with E-state index in [0.29, 0.717) is 30.9 Å². The van der Waals surface area contributed by atoms with Crippen LogP contribution in [0.15, 0.2) is 42.6 Å². The van der Waals surface area contributed by atoms with Crippen LogP contribution in [0.1, 0.15) is 56.2 Å². The summed E-state index contributed by atoms with van der Waals surface area (Å²) in [6.45, 7) is 5.56. The molecular formula is C32H47N4O5+. The number of hydrogen-bond donors (Lipinski definition) is 1. The number of quaternary nitrogens is 1. The highest BCUT2D eigenvalue weighted by Gasteiger charge is 2.47. The minimum atomic E-state index is -0.836. The van der Waals surface area contributed by atoms with Gasteiger partial charge in [0, 0.05) is 43.5 Å². The first-order valence-electron chi connectivity index (χ1n) is 15.0. The van der Waals surface area contributed by atoms with Crippen LogP contribution in [0, 0.1) is 5.92 Å². The van der Waals surface area contributed by atoms with Crippen LogP contribution in [-0.2, 0) is 16.0 Å². The maximum Gasteiger partial charge on any atom is 0.308 e. The molecule has 1 amide bonds. The number of fused-ring (bicyclic) bond motifs is 1. The Labute approximate surface area is 244 Å². The molecule has 9 nitrogen and oxygen atoms in total. The SMILES string of the molecule is CCCCN(CCCC[N+](C)(C)C)C(=O)CN1C[C@H](c2ccc3c(c2)OCO3)[C@@H](C(=O)O)[C@@H]1CCc1ccccn1. The van der Waals surface area contributed by atoms with Crippen molar-refractivity contribution in [2.24, 2.45) is 5.92 Å². The molecule has 4 rings (SSSR count). The molecule has 3 heterocycles. The Morgan fingerprint density at radius 1 is 1.07 bits per heavy atom. The third kappa shape index (κ3) is 8.42. The molecule has 3 atom stereocenters. The Bertz CT molecular complexity index is 1150. The molecule has 2 aliphatic rings. The van der Waals surface area contributed by atoms with E-state index in [1.807, 2.05) is 41.3 Å². The van der Waals surface area contributed by atoms with Gasteiger partial charge in [-0.2, -0.15) is 0 Å². The second-order valence-electron chi connectivity index (χ2n) is 12.4. The van der Waals surface area contributed by atoms with Crippen molar-refractivity contribution in [1.29, 1.82) is 0 Å². The molecule has 0 unspecified atom stereocenters. The highest BCUT2D eigenvalue weighted by atomic mass is 16.7. The molecule has 41 heavy (non-hydrogen) atoms. The van der Waals surface area contributed by atoms with Crippen LogP contribution in [-0.4, -0.2) is 103 Å². The van der Waals surface area contributed by atoms with Gasteiger partial charge in [0.15, 0.2) is 11.5 Å². The summed E-state index contributed by atoms with van der Waals surface area (Å²) in [6.07, 6.45) is 7.03. The first-order chi connectivity index (χ1) is 19.7. The summed E-state index contributed by atoms with van der Waals surface area (Å²) < 4.78 is 12.0. The number of amides is 1. The standard InChI is InChI=1S/C32H46N4O5/c1-5-6-17-34(18-9-10-19-36(2,3)4)30(37)22-35-21-26(24-12-15-28-29(20-24)41-23-40-28)31(32(38)39)27(35)14-13-25-11-7-8-16-33-25/h7-8,11-12,15-16,20,26-27,31H,5-6,9-10,13-14,17-19,21-23H2,1-4H3/p+1/t26-,27+,31-/m1/s1. The van der Waals surface area contributed by atoms with E-state index in [1.165, 1.54) is 0 Å². The van der Waals surface area contributed by atoms with Crippen LogP contribution in [0.3, 0.4) is 0 Å². The number of hydrogen-bond acceptors (Lipinski definition) is 6. The minimum Gasteiger partial charge on any atom is -0.481 e. The largest absolute Gasteiger partial charge is 0.481 e. The number of carboxylic acids is 1. The first-order valence-corrected chi connectivity index (χ1v) is 15.0. The minimum absolute atomic E-state index is 0.0852. The molecule has 224 valence electrons. The van der Waals surface area contributed by atoms with Crippen LogP contribution in [0.2, 0.25) is 0 Å². The molecule has 1 fully saturated rings. The Hall–Kier alpha value is -3.17. The molecule has 1 N–H and O–H groups in total. The molecule has 2 aromatic rings. The van der Waals surface area contributed by atoms with Crippen LogP contribution in [0.25, 0.3) is 0 Å². The number of aromatic nitrogens is 1. The number of carbonyl (C=O) groups is 2. The van der Waals surface area contributed by atoms with Gasteiger partial charge in [0.2, 0.25) is 12.7 Å². The van der Waals surface area contributed by atoms with Crippen LogP contribution in [0.5, 0.6) is 11.5 Å². The van der Waals surface area contributed by atoms with E-state index in [1.54, 1.807) is 6.20 Å². The lowest BCUT2D eigenvalue weighted by Gasteiger charge is -2.30. The first kappa shape index (κ1) is 30.8. The van der Waals surface area contributed by atoms with Crippen molar-refractivity contribution >= 4 is 11.9 Å². The Balaban J connectivity index is 1.54. The van der Waals surface area contributed by atoms with Crippen molar-refractivity contribution in [1.82, 2.24) is 14.8 Å². The molecule has 2 aliphatic heterocycles. The fourth-order valence-electron chi connectivity index (χ4n) is 6.05. The average molecular weight is 568 g/mol. The molecule has 0 radical (unpaired) electrons. The zero-order valence-electron chi connectivity index (χ0n) is 25.1. The molecule has 1 saturated heterocycles. The van der Waals surface area contributed by atoms with Crippen molar-refractivity contribution in [3.63, 3.8) is 0 Å². The number of likely N-dealkylation sites (tertiary alicyclic amines) is 1. The van der Waals surface area contributed by atoms with E-state index >= 15 is 0 Å². The van der Waals surface area contributed by atoms with E-state index in [-0.39, 0.29) is 31.2 Å². The van der Waals surface area contributed by atoms with Gasteiger partial charge in [0.1, 0.15) is 0 Å². The topological polar surface area (TPSA) is 92.2 Å². The van der Waals surface area contributed by atoms with Gasteiger partial charge in [-0.25, -0.2) is 0 Å². The van der Waals surface area contributed by atoms with Gasteiger partial charge in [-0.1, -0.05) is 25.5 Å². The zero-order valence-corrected chi connectivity index (χ0v) is 25.1. The second-order valence-corrected chi connectivity index (χ2v) is 12.4. The quantitative estimate of drug-likeness (QED) is 0.257. The summed E-state index contributed by atoms with van der Waals surface area (Å²) >= 11 is 0. The van der Waals surface area contributed by atoms with Crippen molar-refractivity contribution in [3.05, 3.63) is 53.9 Å². The van der Waals surface area contributed by atoms with Gasteiger partial charge in [-0.05, 0) is 61.9 Å². The van der Waals surface area contributed by atoms with Crippen molar-refractivity contribution in [3.8, 4) is 11.5 Å². The lowest BCUT2D eigenvalue weighted by molar-refractivity contribution is -0.870. The lowest BCUT2D eigenvalue weighted by atomic mass is 9.83. The summed E-state index contributed by atoms with van der Waals surface area (Å²) in [5.74, 6) is -0.350. The van der Waals surface area contributed by atoms with E-state index in [0.717, 1.165) is 61.1 Å². The van der Waals surface area contributed by atoms with Gasteiger partial charge in [0.25, 0.3) is 0 Å². The van der Waals surface area contributed by atoms with E-state index < -0.39 is 11.9 Å². The number of benzene rings is 1. The third-order valence-electron chi connectivity index (χ3n) is 8.26. The number of aryl methyl sites for hydroxylation is 1. The highest BCUT2D eigenvalue weighted by molar-refractivity contribution is 5.79. The Morgan fingerprint density at radius 2 is 1.85 bits per heavy atom. The van der Waals surface area contributed by atoms with Crippen molar-refractivity contribution in [2.45, 2.75) is 57.4 Å². The molecule has 0 spiro atoms. The van der Waals surface area contributed by atoms with Gasteiger partial charge in [-0.3, -0.25) is 19.5 Å². The number of rotatable bonds is 15. The molecule has 0 aliphatic carbocycles. The number of unbranched alkanes of at least 4 members (excludes halogenated alkanes) is 2. The maximum atomic E-state index is 13.8. The Kier molecular flexibility index (Phi) is 10.6. The van der Waals surface area contributed by atoms with E-state index in [9.17, 15) is 14.7 Å². The molecule has 0 bridgehead atoms. The number of ether oxygens (including phenoxy) is 2. The number of aliphatic carboxylic acids is 1. The number of carboxylic acid groups (broad SMARTS) is 1. The van der Waals surface area contributed by atoms with Gasteiger partial charge < -0.3 is 24.0 Å². The summed E-state index contributed by atoms with van der Waals surface area (Å²) in [4.78, 5) is 35.2. The van der Waals surface area contributed by atoms with Crippen LogP contribution < -0.4 is 9.47 Å². The van der Waals surface area contributed by atoms with Crippen molar-refractivity contribution in [2.75, 3.05) is 60.7 Å². The zero-order chi connectivity index (χ0) is 29.4. The highest BCUT2D eigenvalue weighted by Crippen LogP contribution is 2.43. The summed E-state index contributed by atoms with van der Waals surface area (Å²) in [5, 5.41) is 10.5. The molecular weight excluding hydrogens is 520 g/mol. The molecule has 1 aromatic heterocycles. The summed E-state index contributed by atoms with van der Waals surface area (Å²) in [7, 11) is 6.57. The van der Waals surface area contributed by atoms with E-state index in [2.05, 4.69) is 38.0 Å². The van der Waals surface area contributed by atoms with Gasteiger partial charge >= 0.3 is 5.97 Å². The summed E-state index contributed by atoms with van der Waals surface area (Å²) in [6, 6.07) is 11.2. The number of carbonyl (C=O) groups excluding carboxylic acids is 1. The van der Waals surface area contributed by atoms with Crippen LogP contribution >= 0.6 is 0 Å². The maximum absolute atomic E-state index is 13.8. The summed E-state index contributed by atoms with van der Waals surface area (Å²) in [5.41, 5.74) is 1.83. The number of pyridine rings is 1. The van der Waals surface area contributed by atoms with Gasteiger partial charge in [-0.15, -0.1) is 0 Å². The Morgan fingerprint density at radius 3 is 2.56 bits per heavy atom. The predicted molar refractivity (Wildman–Crippen MR) is 158 cm³/mol. The van der Waals surface area contributed by atoms with E-state index in [4.69, 9.17) is 9.47 Å². The van der Waals surface area contributed by atoms with Gasteiger partial charge in [0.05, 0.1) is 40.2 Å². The average Bonchev–Trinajstić information content (AvgIpc) is 3.55. The lowest BCUT2D eigenvalue weighted by Crippen LogP contribution is -2.45. The number of nitrogens with zero attached hydrogens (tertiary/aromatic N) is 4. The molecule has 1 aromatic carbocycles. The normalized spacial score (nSPS) is 20.3. The van der Waals surface area contributed by atoms with Crippen LogP contribution in [0.4, 0.5) is 0 Å². The smallest absolute Gasteiger partial charge is 0.308 e. The monoisotopic (exact) mass is 567 g/mol. The molecule has 0 saturated carbocycles. The molecule has 9 heteroatoms. The third-order valence-corrected chi connectivity index (χ3v) is 8.26.